The van der Waals surface area contributed by atoms with Crippen LogP contribution in [0.5, 0.6) is 0 Å². The Kier molecular flexibility index (Phi) is 9.06. The molecular formula is C8H13ClN2O3S3. The van der Waals surface area contributed by atoms with Crippen molar-refractivity contribution in [2.24, 2.45) is 0 Å². The van der Waals surface area contributed by atoms with Crippen molar-refractivity contribution in [3.8, 4) is 0 Å². The minimum Gasteiger partial charge on any atom is -0.282 e. The third-order valence-corrected chi connectivity index (χ3v) is 4.05. The van der Waals surface area contributed by atoms with Gasteiger partial charge in [0.1, 0.15) is 0 Å². The fourth-order valence-corrected chi connectivity index (χ4v) is 2.16. The molecule has 0 aliphatic heterocycles. The molecule has 0 saturated carbocycles. The van der Waals surface area contributed by atoms with E-state index in [1.807, 2.05) is 14.1 Å². The third kappa shape index (κ3) is 8.72. The van der Waals surface area contributed by atoms with Crippen LogP contribution in [0.25, 0.3) is 0 Å². The molecule has 0 fully saturated rings. The van der Waals surface area contributed by atoms with Crippen molar-refractivity contribution >= 4 is 43.7 Å². The van der Waals surface area contributed by atoms with Crippen LogP contribution >= 0.6 is 33.6 Å². The largest absolute Gasteiger partial charge is 0.294 e. The molecule has 0 atom stereocenters. The van der Waals surface area contributed by atoms with Gasteiger partial charge in [-0.25, -0.2) is 0 Å². The lowest BCUT2D eigenvalue weighted by molar-refractivity contribution is 0.483. The molecule has 0 radical (unpaired) electrons. The molecule has 0 aromatic heterocycles. The van der Waals surface area contributed by atoms with Gasteiger partial charge in [0.05, 0.1) is 4.90 Å². The molecule has 98 valence electrons. The summed E-state index contributed by atoms with van der Waals surface area (Å²) in [6.07, 6.45) is 0. The standard InChI is InChI=1S/C6H5ClO3S.C2H8N2S2/c7-5-2-1-3-6(4-5)11(8,9)10;1-3-5-6-4-2/h1-4H,(H,8,9,10);3-4H,1-2H3. The predicted octanol–water partition coefficient (Wildman–Crippen LogP) is 2.22. The maximum absolute atomic E-state index is 10.5. The average Bonchev–Trinajstić information content (AvgIpc) is 2.26. The van der Waals surface area contributed by atoms with Gasteiger partial charge >= 0.3 is 0 Å². The van der Waals surface area contributed by atoms with Crippen LogP contribution in [-0.4, -0.2) is 27.1 Å². The summed E-state index contributed by atoms with van der Waals surface area (Å²) in [5.41, 5.74) is 0. The SMILES string of the molecule is CNSSNC.O=S(=O)(O)c1cccc(Cl)c1. The molecule has 0 unspecified atom stereocenters. The summed E-state index contributed by atoms with van der Waals surface area (Å²) in [5.74, 6) is 0. The quantitative estimate of drug-likeness (QED) is 0.340. The Hall–Kier alpha value is 0.0400. The number of hydrogen-bond donors (Lipinski definition) is 3. The van der Waals surface area contributed by atoms with Crippen LogP contribution in [0.15, 0.2) is 29.2 Å². The van der Waals surface area contributed by atoms with Gasteiger partial charge in [-0.05, 0) is 32.3 Å². The Morgan fingerprint density at radius 1 is 1.24 bits per heavy atom. The Balaban J connectivity index is 0.000000366. The Bertz CT molecular complexity index is 424. The van der Waals surface area contributed by atoms with Gasteiger partial charge in [-0.3, -0.25) is 14.0 Å². The van der Waals surface area contributed by atoms with Gasteiger partial charge in [0.25, 0.3) is 10.1 Å². The van der Waals surface area contributed by atoms with E-state index in [4.69, 9.17) is 16.2 Å². The zero-order valence-corrected chi connectivity index (χ0v) is 12.4. The van der Waals surface area contributed by atoms with E-state index in [0.29, 0.717) is 0 Å². The summed E-state index contributed by atoms with van der Waals surface area (Å²) in [6.45, 7) is 0. The molecule has 5 nitrogen and oxygen atoms in total. The van der Waals surface area contributed by atoms with Gasteiger partial charge < -0.3 is 0 Å². The fourth-order valence-electron chi connectivity index (χ4n) is 0.711. The first-order valence-corrected chi connectivity index (χ1v) is 8.27. The predicted molar refractivity (Wildman–Crippen MR) is 74.6 cm³/mol. The molecule has 0 spiro atoms. The summed E-state index contributed by atoms with van der Waals surface area (Å²) in [6, 6.07) is 5.42. The van der Waals surface area contributed by atoms with Crippen molar-refractivity contribution in [3.63, 3.8) is 0 Å². The zero-order valence-electron chi connectivity index (χ0n) is 9.18. The summed E-state index contributed by atoms with van der Waals surface area (Å²) in [5, 5.41) is 0.278. The molecule has 17 heavy (non-hydrogen) atoms. The van der Waals surface area contributed by atoms with Crippen LogP contribution in [0.2, 0.25) is 5.02 Å². The zero-order chi connectivity index (χ0) is 13.3. The summed E-state index contributed by atoms with van der Waals surface area (Å²) in [4.78, 5) is -0.190. The molecular weight excluding hydrogens is 304 g/mol. The maximum atomic E-state index is 10.5. The van der Waals surface area contributed by atoms with E-state index in [-0.39, 0.29) is 9.92 Å². The van der Waals surface area contributed by atoms with Gasteiger partial charge in [0.2, 0.25) is 0 Å². The third-order valence-electron chi connectivity index (χ3n) is 1.30. The molecule has 9 heteroatoms. The first kappa shape index (κ1) is 17.0. The first-order chi connectivity index (χ1) is 7.91. The van der Waals surface area contributed by atoms with Gasteiger partial charge in [0, 0.05) is 27.0 Å². The number of nitrogens with one attached hydrogen (secondary N) is 2. The van der Waals surface area contributed by atoms with E-state index in [9.17, 15) is 8.42 Å². The topological polar surface area (TPSA) is 78.4 Å². The van der Waals surface area contributed by atoms with E-state index in [1.165, 1.54) is 24.3 Å². The van der Waals surface area contributed by atoms with Gasteiger partial charge in [-0.15, -0.1) is 0 Å². The second-order valence-corrected chi connectivity index (χ2v) is 6.52. The van der Waals surface area contributed by atoms with Crippen molar-refractivity contribution in [1.82, 2.24) is 9.44 Å². The van der Waals surface area contributed by atoms with E-state index in [0.717, 1.165) is 0 Å². The van der Waals surface area contributed by atoms with Crippen LogP contribution < -0.4 is 9.44 Å². The molecule has 0 saturated heterocycles. The molecule has 0 aliphatic rings. The molecule has 0 heterocycles. The van der Waals surface area contributed by atoms with Gasteiger partial charge in [0.15, 0.2) is 0 Å². The summed E-state index contributed by atoms with van der Waals surface area (Å²) < 4.78 is 35.3. The highest BCUT2D eigenvalue weighted by atomic mass is 35.5. The van der Waals surface area contributed by atoms with E-state index in [1.54, 1.807) is 22.0 Å². The minimum atomic E-state index is -4.11. The molecule has 1 aromatic carbocycles. The second kappa shape index (κ2) is 9.03. The van der Waals surface area contributed by atoms with E-state index < -0.39 is 10.1 Å². The van der Waals surface area contributed by atoms with Crippen molar-refractivity contribution in [2.45, 2.75) is 4.90 Å². The highest BCUT2D eigenvalue weighted by molar-refractivity contribution is 8.75. The van der Waals surface area contributed by atoms with Crippen LogP contribution in [0.1, 0.15) is 0 Å². The number of halogens is 1. The summed E-state index contributed by atoms with van der Waals surface area (Å²) >= 11 is 5.48. The maximum Gasteiger partial charge on any atom is 0.294 e. The average molecular weight is 317 g/mol. The highest BCUT2D eigenvalue weighted by Gasteiger charge is 2.07. The molecule has 0 bridgehead atoms. The Labute approximate surface area is 114 Å². The van der Waals surface area contributed by atoms with Gasteiger partial charge in [-0.1, -0.05) is 17.7 Å². The van der Waals surface area contributed by atoms with Crippen molar-refractivity contribution in [1.29, 1.82) is 0 Å². The van der Waals surface area contributed by atoms with Crippen LogP contribution in [0.4, 0.5) is 0 Å². The number of benzene rings is 1. The molecule has 1 aromatic rings. The number of rotatable bonds is 4. The Morgan fingerprint density at radius 2 is 1.76 bits per heavy atom. The lowest BCUT2D eigenvalue weighted by Gasteiger charge is -1.95. The first-order valence-electron chi connectivity index (χ1n) is 4.31. The lowest BCUT2D eigenvalue weighted by Crippen LogP contribution is -1.96. The van der Waals surface area contributed by atoms with Crippen molar-refractivity contribution in [3.05, 3.63) is 29.3 Å². The van der Waals surface area contributed by atoms with Crippen LogP contribution in [0, 0.1) is 0 Å². The molecule has 0 amide bonds. The van der Waals surface area contributed by atoms with E-state index in [2.05, 4.69) is 9.44 Å². The second-order valence-electron chi connectivity index (χ2n) is 2.51. The van der Waals surface area contributed by atoms with Crippen molar-refractivity contribution in [2.75, 3.05) is 14.1 Å². The van der Waals surface area contributed by atoms with Crippen molar-refractivity contribution < 1.29 is 13.0 Å². The summed E-state index contributed by atoms with van der Waals surface area (Å²) in [7, 11) is 2.79. The fraction of sp³-hybridized carbons (Fsp3) is 0.250. The Morgan fingerprint density at radius 3 is 2.06 bits per heavy atom. The highest BCUT2D eigenvalue weighted by Crippen LogP contribution is 2.14. The smallest absolute Gasteiger partial charge is 0.282 e. The minimum absolute atomic E-state index is 0.190. The number of hydrogen-bond acceptors (Lipinski definition) is 6. The van der Waals surface area contributed by atoms with E-state index >= 15 is 0 Å². The molecule has 3 N–H and O–H groups in total. The normalized spacial score (nSPS) is 10.6. The van der Waals surface area contributed by atoms with Gasteiger partial charge in [-0.2, -0.15) is 8.42 Å². The van der Waals surface area contributed by atoms with Crippen LogP contribution in [0.3, 0.4) is 0 Å². The van der Waals surface area contributed by atoms with Crippen LogP contribution in [-0.2, 0) is 10.1 Å². The lowest BCUT2D eigenvalue weighted by atomic mass is 10.4. The monoisotopic (exact) mass is 316 g/mol. The molecule has 1 rings (SSSR count). The molecule has 0 aliphatic carbocycles.